The van der Waals surface area contributed by atoms with E-state index in [-0.39, 0.29) is 18.0 Å². The molecule has 0 radical (unpaired) electrons. The summed E-state index contributed by atoms with van der Waals surface area (Å²) >= 11 is 5.86. The largest absolute Gasteiger partial charge is 0.493 e. The molecule has 0 fully saturated rings. The summed E-state index contributed by atoms with van der Waals surface area (Å²) in [6.45, 7) is 1.36. The molecule has 3 heterocycles. The van der Waals surface area contributed by atoms with Gasteiger partial charge in [0.1, 0.15) is 12.4 Å². The molecule has 0 saturated carbocycles. The molecule has 29 heavy (non-hydrogen) atoms. The van der Waals surface area contributed by atoms with Gasteiger partial charge in [-0.3, -0.25) is 18.8 Å². The second-order valence-electron chi connectivity index (χ2n) is 6.70. The van der Waals surface area contributed by atoms with Crippen molar-refractivity contribution >= 4 is 28.4 Å². The molecule has 0 atom stereocenters. The van der Waals surface area contributed by atoms with Crippen molar-refractivity contribution in [1.82, 2.24) is 24.2 Å². The fourth-order valence-corrected chi connectivity index (χ4v) is 3.65. The normalized spacial score (nSPS) is 13.8. The van der Waals surface area contributed by atoms with Crippen molar-refractivity contribution in [2.24, 2.45) is 0 Å². The standard InChI is InChI=1S/C19H20ClN5O4/c1-28-15-7-13-14(8-16(15)29-2)22-17-3-4-23(5-6-25(17)19(13)27)18(26)11-24-10-12(20)9-21-24/h7-10H,3-6,11H2,1-2H3. The van der Waals surface area contributed by atoms with E-state index >= 15 is 0 Å². The van der Waals surface area contributed by atoms with Crippen LogP contribution in [0.15, 0.2) is 29.3 Å². The van der Waals surface area contributed by atoms with Crippen LogP contribution in [-0.2, 0) is 24.3 Å². The average molecular weight is 418 g/mol. The Kier molecular flexibility index (Phi) is 5.14. The first-order valence-corrected chi connectivity index (χ1v) is 9.49. The Morgan fingerprint density at radius 2 is 1.93 bits per heavy atom. The topological polar surface area (TPSA) is 91.5 Å². The summed E-state index contributed by atoms with van der Waals surface area (Å²) in [5.41, 5.74) is 0.393. The number of rotatable bonds is 4. The SMILES string of the molecule is COc1cc2nc3n(c(=O)c2cc1OC)CCN(C(=O)Cn1cc(Cl)cn1)CC3. The van der Waals surface area contributed by atoms with Gasteiger partial charge in [0.25, 0.3) is 5.56 Å². The molecular formula is C19H20ClN5O4. The second-order valence-corrected chi connectivity index (χ2v) is 7.13. The van der Waals surface area contributed by atoms with Gasteiger partial charge in [-0.25, -0.2) is 4.98 Å². The van der Waals surface area contributed by atoms with E-state index in [1.807, 2.05) is 0 Å². The average Bonchev–Trinajstić information content (AvgIpc) is 3.00. The summed E-state index contributed by atoms with van der Waals surface area (Å²) in [6.07, 6.45) is 3.57. The zero-order valence-corrected chi connectivity index (χ0v) is 16.8. The van der Waals surface area contributed by atoms with Crippen molar-refractivity contribution in [3.05, 3.63) is 45.7 Å². The zero-order chi connectivity index (χ0) is 20.5. The summed E-state index contributed by atoms with van der Waals surface area (Å²) in [5.74, 6) is 1.55. The van der Waals surface area contributed by atoms with Gasteiger partial charge in [-0.05, 0) is 6.07 Å². The molecular weight excluding hydrogens is 398 g/mol. The Hall–Kier alpha value is -3.07. The first kappa shape index (κ1) is 19.3. The van der Waals surface area contributed by atoms with Crippen LogP contribution in [0.2, 0.25) is 5.02 Å². The van der Waals surface area contributed by atoms with E-state index in [9.17, 15) is 9.59 Å². The van der Waals surface area contributed by atoms with E-state index in [0.29, 0.717) is 59.3 Å². The number of nitrogens with zero attached hydrogens (tertiary/aromatic N) is 5. The van der Waals surface area contributed by atoms with Gasteiger partial charge in [-0.1, -0.05) is 11.6 Å². The van der Waals surface area contributed by atoms with Crippen molar-refractivity contribution < 1.29 is 14.3 Å². The Bertz CT molecular complexity index is 1140. The van der Waals surface area contributed by atoms with Gasteiger partial charge in [-0.15, -0.1) is 0 Å². The number of benzene rings is 1. The lowest BCUT2D eigenvalue weighted by Crippen LogP contribution is -2.36. The number of halogens is 1. The predicted molar refractivity (Wildman–Crippen MR) is 107 cm³/mol. The highest BCUT2D eigenvalue weighted by atomic mass is 35.5. The molecule has 152 valence electrons. The highest BCUT2D eigenvalue weighted by Gasteiger charge is 2.22. The molecule has 1 amide bonds. The van der Waals surface area contributed by atoms with Crippen molar-refractivity contribution in [3.8, 4) is 11.5 Å². The van der Waals surface area contributed by atoms with Gasteiger partial charge in [0.2, 0.25) is 5.91 Å². The van der Waals surface area contributed by atoms with Gasteiger partial charge in [0.15, 0.2) is 11.5 Å². The van der Waals surface area contributed by atoms with Crippen LogP contribution in [0.1, 0.15) is 5.82 Å². The second kappa shape index (κ2) is 7.75. The third-order valence-electron chi connectivity index (χ3n) is 4.99. The number of aromatic nitrogens is 4. The lowest BCUT2D eigenvalue weighted by molar-refractivity contribution is -0.132. The van der Waals surface area contributed by atoms with Crippen LogP contribution in [0.5, 0.6) is 11.5 Å². The van der Waals surface area contributed by atoms with E-state index in [0.717, 1.165) is 0 Å². The highest BCUT2D eigenvalue weighted by Crippen LogP contribution is 2.30. The van der Waals surface area contributed by atoms with Gasteiger partial charge in [0.05, 0.1) is 36.3 Å². The molecule has 0 aliphatic carbocycles. The maximum Gasteiger partial charge on any atom is 0.261 e. The first-order valence-electron chi connectivity index (χ1n) is 9.11. The van der Waals surface area contributed by atoms with Crippen LogP contribution in [0, 0.1) is 0 Å². The maximum absolute atomic E-state index is 13.1. The van der Waals surface area contributed by atoms with Crippen molar-refractivity contribution in [2.45, 2.75) is 19.5 Å². The Morgan fingerprint density at radius 3 is 2.62 bits per heavy atom. The smallest absolute Gasteiger partial charge is 0.261 e. The Balaban J connectivity index is 1.62. The molecule has 0 spiro atoms. The number of hydrogen-bond donors (Lipinski definition) is 0. The summed E-state index contributed by atoms with van der Waals surface area (Å²) in [7, 11) is 3.06. The molecule has 1 aromatic carbocycles. The summed E-state index contributed by atoms with van der Waals surface area (Å²) < 4.78 is 13.8. The number of fused-ring (bicyclic) bond motifs is 2. The van der Waals surface area contributed by atoms with Crippen molar-refractivity contribution in [1.29, 1.82) is 0 Å². The van der Waals surface area contributed by atoms with Crippen molar-refractivity contribution in [2.75, 3.05) is 27.3 Å². The number of hydrogen-bond acceptors (Lipinski definition) is 6. The lowest BCUT2D eigenvalue weighted by Gasteiger charge is -2.19. The molecule has 0 saturated heterocycles. The van der Waals surface area contributed by atoms with Crippen LogP contribution in [0.3, 0.4) is 0 Å². The number of carbonyl (C=O) groups excluding carboxylic acids is 1. The van der Waals surface area contributed by atoms with E-state index in [4.69, 9.17) is 21.1 Å². The van der Waals surface area contributed by atoms with E-state index < -0.39 is 0 Å². The molecule has 0 unspecified atom stereocenters. The van der Waals surface area contributed by atoms with Gasteiger partial charge in [0, 0.05) is 38.3 Å². The molecule has 4 rings (SSSR count). The number of ether oxygens (including phenoxy) is 2. The van der Waals surface area contributed by atoms with E-state index in [1.165, 1.54) is 25.1 Å². The summed E-state index contributed by atoms with van der Waals surface area (Å²) in [6, 6.07) is 3.34. The molecule has 2 aromatic heterocycles. The Labute approximate surface area is 171 Å². The fraction of sp³-hybridized carbons (Fsp3) is 0.368. The molecule has 1 aliphatic heterocycles. The molecule has 0 N–H and O–H groups in total. The molecule has 3 aromatic rings. The monoisotopic (exact) mass is 417 g/mol. The molecule has 1 aliphatic rings. The minimum absolute atomic E-state index is 0.0847. The minimum Gasteiger partial charge on any atom is -0.493 e. The molecule has 10 heteroatoms. The van der Waals surface area contributed by atoms with Crippen LogP contribution in [0.25, 0.3) is 10.9 Å². The summed E-state index contributed by atoms with van der Waals surface area (Å²) in [5, 5.41) is 4.98. The van der Waals surface area contributed by atoms with Gasteiger partial charge in [-0.2, -0.15) is 5.10 Å². The van der Waals surface area contributed by atoms with Gasteiger partial charge >= 0.3 is 0 Å². The van der Waals surface area contributed by atoms with E-state index in [1.54, 1.807) is 27.8 Å². The third-order valence-corrected chi connectivity index (χ3v) is 5.18. The summed E-state index contributed by atoms with van der Waals surface area (Å²) in [4.78, 5) is 32.1. The predicted octanol–water partition coefficient (Wildman–Crippen LogP) is 1.35. The maximum atomic E-state index is 13.1. The molecule has 9 nitrogen and oxygen atoms in total. The zero-order valence-electron chi connectivity index (χ0n) is 16.1. The van der Waals surface area contributed by atoms with Crippen LogP contribution >= 0.6 is 11.6 Å². The van der Waals surface area contributed by atoms with E-state index in [2.05, 4.69) is 10.1 Å². The Morgan fingerprint density at radius 1 is 1.17 bits per heavy atom. The number of carbonyl (C=O) groups is 1. The van der Waals surface area contributed by atoms with Crippen LogP contribution < -0.4 is 15.0 Å². The fourth-order valence-electron chi connectivity index (χ4n) is 3.50. The number of methoxy groups -OCH3 is 2. The lowest BCUT2D eigenvalue weighted by atomic mass is 10.2. The van der Waals surface area contributed by atoms with Crippen LogP contribution in [-0.4, -0.2) is 57.4 Å². The molecule has 0 bridgehead atoms. The van der Waals surface area contributed by atoms with Crippen molar-refractivity contribution in [3.63, 3.8) is 0 Å². The van der Waals surface area contributed by atoms with Crippen LogP contribution in [0.4, 0.5) is 0 Å². The highest BCUT2D eigenvalue weighted by molar-refractivity contribution is 6.30. The first-order chi connectivity index (χ1) is 14.0. The van der Waals surface area contributed by atoms with Gasteiger partial charge < -0.3 is 14.4 Å². The minimum atomic E-state index is -0.154. The quantitative estimate of drug-likeness (QED) is 0.636. The number of amides is 1. The third kappa shape index (κ3) is 3.65.